The highest BCUT2D eigenvalue weighted by Gasteiger charge is 2.22. The molecule has 0 saturated carbocycles. The molecule has 1 heterocycles. The van der Waals surface area contributed by atoms with Crippen molar-refractivity contribution >= 4 is 5.71 Å². The monoisotopic (exact) mass is 209 g/mol. The predicted molar refractivity (Wildman–Crippen MR) is 67.6 cm³/mol. The van der Waals surface area contributed by atoms with E-state index in [0.717, 1.165) is 6.42 Å². The molecule has 1 aliphatic heterocycles. The lowest BCUT2D eigenvalue weighted by atomic mass is 9.86. The van der Waals surface area contributed by atoms with Gasteiger partial charge in [0.2, 0.25) is 0 Å². The second-order valence-corrected chi connectivity index (χ2v) is 4.41. The van der Waals surface area contributed by atoms with E-state index in [4.69, 9.17) is 4.99 Å². The summed E-state index contributed by atoms with van der Waals surface area (Å²) in [6, 6.07) is 11.0. The van der Waals surface area contributed by atoms with Crippen LogP contribution >= 0.6 is 0 Å². The molecular formula is C15H15N. The molecule has 3 rings (SSSR count). The number of hydrogen-bond donors (Lipinski definition) is 0. The van der Waals surface area contributed by atoms with Crippen LogP contribution in [-0.4, -0.2) is 5.71 Å². The fraction of sp³-hybridized carbons (Fsp3) is 0.267. The summed E-state index contributed by atoms with van der Waals surface area (Å²) in [5.41, 5.74) is 2.60. The largest absolute Gasteiger partial charge is 0.281 e. The summed E-state index contributed by atoms with van der Waals surface area (Å²) in [5.74, 6) is 0.560. The Bertz CT molecular complexity index is 454. The van der Waals surface area contributed by atoms with E-state index < -0.39 is 0 Å². The molecule has 80 valence electrons. The van der Waals surface area contributed by atoms with Gasteiger partial charge < -0.3 is 0 Å². The fourth-order valence-corrected chi connectivity index (χ4v) is 2.46. The molecule has 1 heteroatoms. The molecule has 1 aromatic carbocycles. The van der Waals surface area contributed by atoms with Crippen LogP contribution in [0.25, 0.3) is 0 Å². The van der Waals surface area contributed by atoms with Crippen LogP contribution in [-0.2, 0) is 0 Å². The zero-order chi connectivity index (χ0) is 10.8. The highest BCUT2D eigenvalue weighted by molar-refractivity contribution is 5.99. The van der Waals surface area contributed by atoms with E-state index in [2.05, 4.69) is 54.6 Å². The highest BCUT2D eigenvalue weighted by Crippen LogP contribution is 2.32. The topological polar surface area (TPSA) is 12.4 Å². The van der Waals surface area contributed by atoms with Gasteiger partial charge in [0.15, 0.2) is 0 Å². The Morgan fingerprint density at radius 1 is 1.00 bits per heavy atom. The molecular weight excluding hydrogens is 194 g/mol. The lowest BCUT2D eigenvalue weighted by Crippen LogP contribution is -2.19. The first-order valence-electron chi connectivity index (χ1n) is 5.91. The summed E-state index contributed by atoms with van der Waals surface area (Å²) >= 11 is 0. The number of nitrogens with zero attached hydrogens (tertiary/aromatic N) is 1. The van der Waals surface area contributed by atoms with Gasteiger partial charge in [-0.1, -0.05) is 48.6 Å². The van der Waals surface area contributed by atoms with E-state index >= 15 is 0 Å². The van der Waals surface area contributed by atoms with Crippen LogP contribution in [0.2, 0.25) is 0 Å². The van der Waals surface area contributed by atoms with Gasteiger partial charge in [0, 0.05) is 11.6 Å². The molecule has 0 N–H and O–H groups in total. The van der Waals surface area contributed by atoms with Crippen LogP contribution in [0, 0.1) is 5.92 Å². The van der Waals surface area contributed by atoms with E-state index in [1.807, 2.05) is 0 Å². The number of allylic oxidation sites excluding steroid dienone is 4. The maximum Gasteiger partial charge on any atom is 0.0752 e. The molecule has 0 saturated heterocycles. The van der Waals surface area contributed by atoms with E-state index in [0.29, 0.717) is 12.0 Å². The number of fused-ring (bicyclic) bond motifs is 1. The van der Waals surface area contributed by atoms with Gasteiger partial charge in [0.1, 0.15) is 0 Å². The number of rotatable bonds is 1. The third-order valence-corrected chi connectivity index (χ3v) is 3.34. The van der Waals surface area contributed by atoms with E-state index in [9.17, 15) is 0 Å². The van der Waals surface area contributed by atoms with Crippen LogP contribution in [0.1, 0.15) is 24.4 Å². The Morgan fingerprint density at radius 3 is 2.75 bits per heavy atom. The molecule has 1 aliphatic carbocycles. The van der Waals surface area contributed by atoms with Gasteiger partial charge in [-0.2, -0.15) is 0 Å². The smallest absolute Gasteiger partial charge is 0.0752 e. The van der Waals surface area contributed by atoms with Crippen molar-refractivity contribution in [3.63, 3.8) is 0 Å². The van der Waals surface area contributed by atoms with Crippen molar-refractivity contribution in [2.45, 2.75) is 18.9 Å². The molecule has 2 atom stereocenters. The van der Waals surface area contributed by atoms with Gasteiger partial charge in [-0.25, -0.2) is 0 Å². The van der Waals surface area contributed by atoms with Crippen LogP contribution in [0.4, 0.5) is 0 Å². The highest BCUT2D eigenvalue weighted by atomic mass is 14.8. The molecule has 1 nitrogen and oxygen atoms in total. The fourth-order valence-electron chi connectivity index (χ4n) is 2.46. The van der Waals surface area contributed by atoms with Gasteiger partial charge >= 0.3 is 0 Å². The number of hydrogen-bond acceptors (Lipinski definition) is 1. The molecule has 0 radical (unpaired) electrons. The average Bonchev–Trinajstić information content (AvgIpc) is 2.39. The average molecular weight is 209 g/mol. The quantitative estimate of drug-likeness (QED) is 0.668. The molecule has 2 unspecified atom stereocenters. The molecule has 1 aromatic rings. The minimum atomic E-state index is 0.364. The lowest BCUT2D eigenvalue weighted by molar-refractivity contribution is 0.549. The summed E-state index contributed by atoms with van der Waals surface area (Å²) in [5, 5.41) is 0. The Morgan fingerprint density at radius 2 is 1.88 bits per heavy atom. The van der Waals surface area contributed by atoms with Gasteiger partial charge in [-0.15, -0.1) is 0 Å². The zero-order valence-corrected chi connectivity index (χ0v) is 9.21. The maximum absolute atomic E-state index is 4.85. The van der Waals surface area contributed by atoms with Crippen molar-refractivity contribution in [3.05, 3.63) is 60.2 Å². The zero-order valence-electron chi connectivity index (χ0n) is 9.21. The normalized spacial score (nSPS) is 27.4. The standard InChI is InChI=1S/C15H15N/c1-2-6-12(7-3-1)15-11-10-13-8-4-5-9-14(13)16-15/h1-9,13,15H,10-11H2. The molecule has 0 fully saturated rings. The van der Waals surface area contributed by atoms with E-state index in [-0.39, 0.29) is 0 Å². The third kappa shape index (κ3) is 1.73. The summed E-state index contributed by atoms with van der Waals surface area (Å²) < 4.78 is 0. The lowest BCUT2D eigenvalue weighted by Gasteiger charge is -2.26. The summed E-state index contributed by atoms with van der Waals surface area (Å²) in [4.78, 5) is 4.85. The van der Waals surface area contributed by atoms with E-state index in [1.54, 1.807) is 0 Å². The summed E-state index contributed by atoms with van der Waals surface area (Å²) in [6.07, 6.45) is 11.0. The van der Waals surface area contributed by atoms with Crippen molar-refractivity contribution < 1.29 is 0 Å². The molecule has 0 bridgehead atoms. The Kier molecular flexibility index (Phi) is 2.45. The second kappa shape index (κ2) is 4.09. The van der Waals surface area contributed by atoms with Gasteiger partial charge in [-0.05, 0) is 24.5 Å². The molecule has 0 aromatic heterocycles. The molecule has 0 amide bonds. The third-order valence-electron chi connectivity index (χ3n) is 3.34. The molecule has 2 aliphatic rings. The Hall–Kier alpha value is -1.63. The SMILES string of the molecule is C1=CC2=NC(c3ccccc3)CCC2C=C1. The van der Waals surface area contributed by atoms with Crippen LogP contribution in [0.5, 0.6) is 0 Å². The Balaban J connectivity index is 1.90. The van der Waals surface area contributed by atoms with Crippen molar-refractivity contribution in [1.29, 1.82) is 0 Å². The number of aliphatic imine (C=N–C) groups is 1. The first-order valence-corrected chi connectivity index (χ1v) is 5.91. The number of benzene rings is 1. The Labute approximate surface area is 96.2 Å². The van der Waals surface area contributed by atoms with Crippen LogP contribution < -0.4 is 0 Å². The van der Waals surface area contributed by atoms with Gasteiger partial charge in [-0.3, -0.25) is 4.99 Å². The minimum Gasteiger partial charge on any atom is -0.281 e. The maximum atomic E-state index is 4.85. The van der Waals surface area contributed by atoms with Crippen molar-refractivity contribution in [2.75, 3.05) is 0 Å². The second-order valence-electron chi connectivity index (χ2n) is 4.41. The van der Waals surface area contributed by atoms with Crippen molar-refractivity contribution in [1.82, 2.24) is 0 Å². The van der Waals surface area contributed by atoms with Crippen molar-refractivity contribution in [3.8, 4) is 0 Å². The molecule has 16 heavy (non-hydrogen) atoms. The predicted octanol–water partition coefficient (Wildman–Crippen LogP) is 3.70. The van der Waals surface area contributed by atoms with Crippen molar-refractivity contribution in [2.24, 2.45) is 10.9 Å². The minimum absolute atomic E-state index is 0.364. The van der Waals surface area contributed by atoms with Crippen LogP contribution in [0.3, 0.4) is 0 Å². The van der Waals surface area contributed by atoms with E-state index in [1.165, 1.54) is 17.7 Å². The first kappa shape index (κ1) is 9.59. The molecule has 0 spiro atoms. The first-order chi connectivity index (χ1) is 7.93. The summed E-state index contributed by atoms with van der Waals surface area (Å²) in [7, 11) is 0. The van der Waals surface area contributed by atoms with Gasteiger partial charge in [0.05, 0.1) is 6.04 Å². The van der Waals surface area contributed by atoms with Gasteiger partial charge in [0.25, 0.3) is 0 Å². The summed E-state index contributed by atoms with van der Waals surface area (Å²) in [6.45, 7) is 0. The van der Waals surface area contributed by atoms with Crippen LogP contribution in [0.15, 0.2) is 59.6 Å².